The highest BCUT2D eigenvalue weighted by atomic mass is 35.7. The van der Waals surface area contributed by atoms with E-state index in [4.69, 9.17) is 15.9 Å². The molecule has 0 aliphatic carbocycles. The molecule has 0 aliphatic rings. The maximum atomic E-state index is 11.2. The molecular weight excluding hydrogens is 256 g/mol. The first-order valence-electron chi connectivity index (χ1n) is 3.91. The molecule has 0 aliphatic heterocycles. The number of hydrogen-bond donors (Lipinski definition) is 0. The minimum atomic E-state index is -4.34. The van der Waals surface area contributed by atoms with Crippen molar-refractivity contribution in [2.24, 2.45) is 0 Å². The van der Waals surface area contributed by atoms with Crippen LogP contribution in [0.2, 0.25) is 0 Å². The Hall–Kier alpha value is -1.65. The third-order valence-corrected chi connectivity index (χ3v) is 3.24. The maximum absolute atomic E-state index is 11.2. The average molecular weight is 261 g/mol. The van der Waals surface area contributed by atoms with E-state index in [1.807, 2.05) is 0 Å². The lowest BCUT2D eigenvalue weighted by Gasteiger charge is -2.03. The summed E-state index contributed by atoms with van der Waals surface area (Å²) in [7, 11) is 0.745. The van der Waals surface area contributed by atoms with Crippen LogP contribution in [0.3, 0.4) is 0 Å². The molecule has 0 N–H and O–H groups in total. The number of nitrogens with zero attached hydrogens (tertiary/aromatic N) is 2. The Morgan fingerprint density at radius 1 is 1.50 bits per heavy atom. The highest BCUT2D eigenvalue weighted by Gasteiger charge is 2.30. The number of hydrogen-bond acceptors (Lipinski definition) is 5. The molecule has 0 amide bonds. The molecule has 0 aromatic heterocycles. The van der Waals surface area contributed by atoms with Crippen LogP contribution in [0.25, 0.3) is 0 Å². The summed E-state index contributed by atoms with van der Waals surface area (Å²) in [6.45, 7) is 1.37. The number of aryl methyl sites for hydroxylation is 1. The topological polar surface area (TPSA) is 101 Å². The summed E-state index contributed by atoms with van der Waals surface area (Å²) in [6.07, 6.45) is 0. The Morgan fingerprint density at radius 3 is 2.44 bits per heavy atom. The molecule has 84 valence electrons. The van der Waals surface area contributed by atoms with Gasteiger partial charge < -0.3 is 0 Å². The van der Waals surface area contributed by atoms with Gasteiger partial charge in [0.2, 0.25) is 0 Å². The maximum Gasteiger partial charge on any atom is 0.293 e. The van der Waals surface area contributed by atoms with E-state index in [1.54, 1.807) is 6.07 Å². The van der Waals surface area contributed by atoms with Crippen LogP contribution in [0, 0.1) is 28.4 Å². The van der Waals surface area contributed by atoms with Gasteiger partial charge in [0.25, 0.3) is 14.7 Å². The first-order chi connectivity index (χ1) is 7.29. The van der Waals surface area contributed by atoms with E-state index in [9.17, 15) is 18.5 Å². The van der Waals surface area contributed by atoms with E-state index < -0.39 is 24.6 Å². The van der Waals surface area contributed by atoms with Gasteiger partial charge in [0.15, 0.2) is 4.90 Å². The van der Waals surface area contributed by atoms with Gasteiger partial charge in [-0.2, -0.15) is 5.26 Å². The summed E-state index contributed by atoms with van der Waals surface area (Å²) < 4.78 is 22.4. The van der Waals surface area contributed by atoms with Crippen LogP contribution in [0.4, 0.5) is 5.69 Å². The molecule has 6 nitrogen and oxygen atoms in total. The molecular formula is C8H5ClN2O4S. The second-order valence-corrected chi connectivity index (χ2v) is 5.42. The highest BCUT2D eigenvalue weighted by molar-refractivity contribution is 8.13. The van der Waals surface area contributed by atoms with Gasteiger partial charge in [-0.05, 0) is 13.0 Å². The molecule has 1 aromatic rings. The Balaban J connectivity index is 3.86. The fourth-order valence-electron chi connectivity index (χ4n) is 1.23. The van der Waals surface area contributed by atoms with Crippen molar-refractivity contribution in [1.82, 2.24) is 0 Å². The monoisotopic (exact) mass is 260 g/mol. The van der Waals surface area contributed by atoms with E-state index in [1.165, 1.54) is 19.1 Å². The van der Waals surface area contributed by atoms with Crippen LogP contribution in [0.15, 0.2) is 17.0 Å². The highest BCUT2D eigenvalue weighted by Crippen LogP contribution is 2.32. The number of nitro groups is 1. The summed E-state index contributed by atoms with van der Waals surface area (Å²) in [6, 6.07) is 4.03. The summed E-state index contributed by atoms with van der Waals surface area (Å²) in [5.41, 5.74) is -0.871. The fraction of sp³-hybridized carbons (Fsp3) is 0.125. The minimum Gasteiger partial charge on any atom is -0.258 e. The van der Waals surface area contributed by atoms with E-state index in [-0.39, 0.29) is 11.1 Å². The summed E-state index contributed by atoms with van der Waals surface area (Å²) in [5, 5.41) is 19.4. The van der Waals surface area contributed by atoms with Gasteiger partial charge in [0, 0.05) is 16.2 Å². The average Bonchev–Trinajstić information content (AvgIpc) is 2.15. The zero-order chi connectivity index (χ0) is 12.5. The Kier molecular flexibility index (Phi) is 3.16. The second kappa shape index (κ2) is 4.08. The minimum absolute atomic E-state index is 0.128. The van der Waals surface area contributed by atoms with E-state index in [2.05, 4.69) is 0 Å². The molecule has 0 fully saturated rings. The van der Waals surface area contributed by atoms with Crippen molar-refractivity contribution in [1.29, 1.82) is 5.26 Å². The van der Waals surface area contributed by atoms with Gasteiger partial charge in [0.05, 0.1) is 10.5 Å². The normalized spacial score (nSPS) is 10.8. The first-order valence-corrected chi connectivity index (χ1v) is 6.22. The number of halogens is 1. The van der Waals surface area contributed by atoms with Gasteiger partial charge in [-0.25, -0.2) is 8.42 Å². The molecule has 8 heteroatoms. The molecule has 0 bridgehead atoms. The van der Waals surface area contributed by atoms with Crippen LogP contribution < -0.4 is 0 Å². The third-order valence-electron chi connectivity index (χ3n) is 1.88. The standard InChI is InChI=1S/C8H5ClN2O4S/c1-5-2-3-6(4-10)8(16(9,14)15)7(5)11(12)13/h2-3H,1H3. The molecule has 0 saturated carbocycles. The lowest BCUT2D eigenvalue weighted by atomic mass is 10.1. The van der Waals surface area contributed by atoms with E-state index in [0.717, 1.165) is 0 Å². The van der Waals surface area contributed by atoms with Gasteiger partial charge in [-0.15, -0.1) is 0 Å². The van der Waals surface area contributed by atoms with E-state index >= 15 is 0 Å². The Labute approximate surface area is 95.6 Å². The molecule has 0 radical (unpaired) electrons. The largest absolute Gasteiger partial charge is 0.293 e. The van der Waals surface area contributed by atoms with Gasteiger partial charge in [-0.1, -0.05) is 6.07 Å². The van der Waals surface area contributed by atoms with Crippen molar-refractivity contribution in [2.75, 3.05) is 0 Å². The van der Waals surface area contributed by atoms with Crippen molar-refractivity contribution in [3.63, 3.8) is 0 Å². The van der Waals surface area contributed by atoms with Crippen molar-refractivity contribution < 1.29 is 13.3 Å². The van der Waals surface area contributed by atoms with E-state index in [0.29, 0.717) is 0 Å². The van der Waals surface area contributed by atoms with Crippen LogP contribution in [0.1, 0.15) is 11.1 Å². The smallest absolute Gasteiger partial charge is 0.258 e. The SMILES string of the molecule is Cc1ccc(C#N)c(S(=O)(=O)Cl)c1[N+](=O)[O-]. The van der Waals surface area contributed by atoms with Gasteiger partial charge in [0.1, 0.15) is 6.07 Å². The Morgan fingerprint density at radius 2 is 2.06 bits per heavy atom. The van der Waals surface area contributed by atoms with Crippen LogP contribution in [0.5, 0.6) is 0 Å². The van der Waals surface area contributed by atoms with Crippen molar-refractivity contribution in [3.8, 4) is 6.07 Å². The lowest BCUT2D eigenvalue weighted by Crippen LogP contribution is -2.03. The van der Waals surface area contributed by atoms with Gasteiger partial charge >= 0.3 is 0 Å². The molecule has 0 saturated heterocycles. The number of benzene rings is 1. The molecule has 0 atom stereocenters. The van der Waals surface area contributed by atoms with Crippen molar-refractivity contribution >= 4 is 25.4 Å². The van der Waals surface area contributed by atoms with Crippen LogP contribution in [-0.4, -0.2) is 13.3 Å². The first kappa shape index (κ1) is 12.4. The molecule has 1 rings (SSSR count). The summed E-state index contributed by atoms with van der Waals surface area (Å²) in [4.78, 5) is 9.11. The van der Waals surface area contributed by atoms with Crippen LogP contribution >= 0.6 is 10.7 Å². The summed E-state index contributed by atoms with van der Waals surface area (Å²) in [5.74, 6) is 0. The zero-order valence-corrected chi connectivity index (χ0v) is 9.54. The number of nitriles is 1. The molecule has 0 unspecified atom stereocenters. The summed E-state index contributed by atoms with van der Waals surface area (Å²) >= 11 is 0. The lowest BCUT2D eigenvalue weighted by molar-refractivity contribution is -0.388. The van der Waals surface area contributed by atoms with Crippen molar-refractivity contribution in [3.05, 3.63) is 33.4 Å². The molecule has 16 heavy (non-hydrogen) atoms. The predicted molar refractivity (Wildman–Crippen MR) is 55.6 cm³/mol. The third kappa shape index (κ3) is 2.13. The van der Waals surface area contributed by atoms with Crippen molar-refractivity contribution in [2.45, 2.75) is 11.8 Å². The zero-order valence-electron chi connectivity index (χ0n) is 7.97. The van der Waals surface area contributed by atoms with Crippen LogP contribution in [-0.2, 0) is 9.05 Å². The number of rotatable bonds is 2. The quantitative estimate of drug-likeness (QED) is 0.457. The predicted octanol–water partition coefficient (Wildman–Crippen LogP) is 1.70. The molecule has 1 aromatic carbocycles. The van der Waals surface area contributed by atoms with Gasteiger partial charge in [-0.3, -0.25) is 10.1 Å². The second-order valence-electron chi connectivity index (χ2n) is 2.91. The number of nitro benzene ring substituents is 1. The Bertz CT molecular complexity index is 603. The fourth-order valence-corrected chi connectivity index (χ4v) is 2.54. The molecule has 0 spiro atoms. The molecule has 0 heterocycles.